The van der Waals surface area contributed by atoms with E-state index in [0.717, 1.165) is 19.5 Å². The minimum atomic E-state index is -0.385. The quantitative estimate of drug-likeness (QED) is 0.598. The zero-order valence-electron chi connectivity index (χ0n) is 13.3. The van der Waals surface area contributed by atoms with Crippen molar-refractivity contribution in [3.63, 3.8) is 0 Å². The van der Waals surface area contributed by atoms with Gasteiger partial charge in [-0.1, -0.05) is 13.8 Å². The van der Waals surface area contributed by atoms with Gasteiger partial charge in [0, 0.05) is 25.2 Å². The number of aliphatic hydroxyl groups excluding tert-OH is 1. The minimum Gasteiger partial charge on any atom is -0.392 e. The van der Waals surface area contributed by atoms with Gasteiger partial charge in [0.05, 0.1) is 11.5 Å². The molecule has 1 fully saturated rings. The maximum Gasteiger partial charge on any atom is 0.292 e. The van der Waals surface area contributed by atoms with Crippen molar-refractivity contribution in [1.29, 1.82) is 0 Å². The Bertz CT molecular complexity index is 519. The van der Waals surface area contributed by atoms with Gasteiger partial charge in [-0.25, -0.2) is 0 Å². The van der Waals surface area contributed by atoms with E-state index in [1.54, 1.807) is 12.1 Å². The van der Waals surface area contributed by atoms with Gasteiger partial charge in [-0.05, 0) is 43.0 Å². The molecular weight excluding hydrogens is 282 g/mol. The van der Waals surface area contributed by atoms with E-state index in [1.165, 1.54) is 12.5 Å². The molecule has 1 aromatic carbocycles. The molecule has 1 heterocycles. The first-order chi connectivity index (χ1) is 10.5. The molecule has 1 aromatic rings. The van der Waals surface area contributed by atoms with Crippen LogP contribution in [0.1, 0.15) is 32.3 Å². The van der Waals surface area contributed by atoms with Crippen molar-refractivity contribution in [3.05, 3.63) is 33.9 Å². The summed E-state index contributed by atoms with van der Waals surface area (Å²) in [6.07, 6.45) is 2.30. The number of nitro groups is 1. The predicted molar refractivity (Wildman–Crippen MR) is 86.9 cm³/mol. The molecule has 0 bridgehead atoms. The van der Waals surface area contributed by atoms with Crippen molar-refractivity contribution in [2.75, 3.05) is 25.0 Å². The van der Waals surface area contributed by atoms with Crippen LogP contribution < -0.4 is 5.32 Å². The third kappa shape index (κ3) is 4.18. The number of nitrogens with zero attached hydrogens (tertiary/aromatic N) is 2. The van der Waals surface area contributed by atoms with E-state index in [0.29, 0.717) is 29.8 Å². The summed E-state index contributed by atoms with van der Waals surface area (Å²) in [4.78, 5) is 13.2. The van der Waals surface area contributed by atoms with Gasteiger partial charge >= 0.3 is 0 Å². The first-order valence-corrected chi connectivity index (χ1v) is 7.87. The molecule has 2 rings (SSSR count). The molecule has 1 aliphatic rings. The molecule has 6 nitrogen and oxygen atoms in total. The number of benzene rings is 1. The maximum absolute atomic E-state index is 11.1. The van der Waals surface area contributed by atoms with Gasteiger partial charge in [-0.15, -0.1) is 0 Å². The van der Waals surface area contributed by atoms with Crippen molar-refractivity contribution in [3.8, 4) is 0 Å². The second kappa shape index (κ2) is 7.56. The number of nitrogens with one attached hydrogen (secondary N) is 1. The van der Waals surface area contributed by atoms with Gasteiger partial charge in [0.2, 0.25) is 0 Å². The van der Waals surface area contributed by atoms with Crippen LogP contribution >= 0.6 is 0 Å². The molecule has 0 saturated carbocycles. The molecule has 0 aliphatic carbocycles. The highest BCUT2D eigenvalue weighted by molar-refractivity contribution is 5.62. The second-order valence-electron chi connectivity index (χ2n) is 6.33. The fraction of sp³-hybridized carbons (Fsp3) is 0.625. The van der Waals surface area contributed by atoms with Crippen LogP contribution in [0.5, 0.6) is 0 Å². The topological polar surface area (TPSA) is 78.6 Å². The molecule has 0 unspecified atom stereocenters. The highest BCUT2D eigenvalue weighted by atomic mass is 16.6. The highest BCUT2D eigenvalue weighted by Gasteiger charge is 2.25. The molecule has 6 heteroatoms. The van der Waals surface area contributed by atoms with Gasteiger partial charge in [0.25, 0.3) is 5.69 Å². The Hall–Kier alpha value is -1.66. The van der Waals surface area contributed by atoms with E-state index in [4.69, 9.17) is 0 Å². The number of aliphatic hydroxyl groups is 1. The molecule has 122 valence electrons. The normalized spacial score (nSPS) is 18.8. The largest absolute Gasteiger partial charge is 0.392 e. The van der Waals surface area contributed by atoms with Crippen LogP contribution in [0.2, 0.25) is 0 Å². The number of rotatable bonds is 7. The number of anilines is 1. The zero-order valence-corrected chi connectivity index (χ0v) is 13.3. The second-order valence-corrected chi connectivity index (χ2v) is 6.33. The molecule has 2 N–H and O–H groups in total. The van der Waals surface area contributed by atoms with E-state index in [2.05, 4.69) is 24.1 Å². The summed E-state index contributed by atoms with van der Waals surface area (Å²) in [6.45, 7) is 7.16. The number of likely N-dealkylation sites (tertiary alicyclic amines) is 1. The van der Waals surface area contributed by atoms with E-state index in [9.17, 15) is 15.2 Å². The van der Waals surface area contributed by atoms with E-state index >= 15 is 0 Å². The lowest BCUT2D eigenvalue weighted by Gasteiger charge is -2.26. The lowest BCUT2D eigenvalue weighted by atomic mass is 10.1. The van der Waals surface area contributed by atoms with Crippen molar-refractivity contribution in [1.82, 2.24) is 4.90 Å². The molecular formula is C16H25N3O3. The Morgan fingerprint density at radius 2 is 2.27 bits per heavy atom. The summed E-state index contributed by atoms with van der Waals surface area (Å²) < 4.78 is 0. The van der Waals surface area contributed by atoms with Crippen molar-refractivity contribution in [2.24, 2.45) is 5.92 Å². The third-order valence-corrected chi connectivity index (χ3v) is 4.07. The first kappa shape index (κ1) is 16.7. The first-order valence-electron chi connectivity index (χ1n) is 7.87. The zero-order chi connectivity index (χ0) is 16.1. The van der Waals surface area contributed by atoms with Crippen LogP contribution in [-0.4, -0.2) is 40.6 Å². The lowest BCUT2D eigenvalue weighted by Crippen LogP contribution is -2.37. The molecule has 0 amide bonds. The van der Waals surface area contributed by atoms with Gasteiger partial charge in [0.1, 0.15) is 5.69 Å². The number of hydrogen-bond acceptors (Lipinski definition) is 5. The average Bonchev–Trinajstić information content (AvgIpc) is 2.91. The summed E-state index contributed by atoms with van der Waals surface area (Å²) in [5.41, 5.74) is 1.23. The lowest BCUT2D eigenvalue weighted by molar-refractivity contribution is -0.384. The Morgan fingerprint density at radius 1 is 1.50 bits per heavy atom. The Morgan fingerprint density at radius 3 is 2.91 bits per heavy atom. The molecule has 1 saturated heterocycles. The molecule has 22 heavy (non-hydrogen) atoms. The Balaban J connectivity index is 2.05. The van der Waals surface area contributed by atoms with Gasteiger partial charge < -0.3 is 10.4 Å². The average molecular weight is 307 g/mol. The fourth-order valence-corrected chi connectivity index (χ4v) is 3.05. The summed E-state index contributed by atoms with van der Waals surface area (Å²) >= 11 is 0. The van der Waals surface area contributed by atoms with Crippen LogP contribution in [0, 0.1) is 16.0 Å². The fourth-order valence-electron chi connectivity index (χ4n) is 3.05. The van der Waals surface area contributed by atoms with Gasteiger partial charge in [-0.3, -0.25) is 15.0 Å². The molecule has 0 radical (unpaired) electrons. The Kier molecular flexibility index (Phi) is 5.74. The minimum absolute atomic E-state index is 0.0607. The standard InChI is InChI=1S/C16H25N3O3/c1-12(2)10-18-7-3-4-14(18)9-17-15-8-13(11-20)5-6-16(15)19(21)22/h5-6,8,12,14,17,20H,3-4,7,9-11H2,1-2H3/t14-/m1/s1. The third-order valence-electron chi connectivity index (χ3n) is 4.07. The van der Waals surface area contributed by atoms with E-state index in [1.807, 2.05) is 0 Å². The van der Waals surface area contributed by atoms with Crippen LogP contribution in [0.3, 0.4) is 0 Å². The van der Waals surface area contributed by atoms with Crippen molar-refractivity contribution >= 4 is 11.4 Å². The van der Waals surface area contributed by atoms with Crippen LogP contribution in [0.15, 0.2) is 18.2 Å². The SMILES string of the molecule is CC(C)CN1CCC[C@@H]1CNc1cc(CO)ccc1[N+](=O)[O-]. The maximum atomic E-state index is 11.1. The summed E-state index contributed by atoms with van der Waals surface area (Å²) in [6, 6.07) is 5.12. The van der Waals surface area contributed by atoms with Crippen LogP contribution in [0.25, 0.3) is 0 Å². The molecule has 0 aromatic heterocycles. The van der Waals surface area contributed by atoms with Crippen molar-refractivity contribution in [2.45, 2.75) is 39.3 Å². The van der Waals surface area contributed by atoms with Crippen LogP contribution in [0.4, 0.5) is 11.4 Å². The summed E-state index contributed by atoms with van der Waals surface area (Å²) in [7, 11) is 0. The van der Waals surface area contributed by atoms with E-state index in [-0.39, 0.29) is 17.2 Å². The van der Waals surface area contributed by atoms with E-state index < -0.39 is 0 Å². The summed E-state index contributed by atoms with van der Waals surface area (Å²) in [5, 5.41) is 23.5. The molecule has 1 aliphatic heterocycles. The monoisotopic (exact) mass is 307 g/mol. The number of nitro benzene ring substituents is 1. The number of hydrogen-bond donors (Lipinski definition) is 2. The van der Waals surface area contributed by atoms with Gasteiger partial charge in [-0.2, -0.15) is 0 Å². The smallest absolute Gasteiger partial charge is 0.292 e. The van der Waals surface area contributed by atoms with Crippen molar-refractivity contribution < 1.29 is 10.0 Å². The molecule has 1 atom stereocenters. The Labute approximate surface area is 131 Å². The summed E-state index contributed by atoms with van der Waals surface area (Å²) in [5.74, 6) is 0.618. The van der Waals surface area contributed by atoms with Gasteiger partial charge in [0.15, 0.2) is 0 Å². The predicted octanol–water partition coefficient (Wildman–Crippen LogP) is 2.62. The van der Waals surface area contributed by atoms with Crippen LogP contribution in [-0.2, 0) is 6.61 Å². The molecule has 0 spiro atoms. The highest BCUT2D eigenvalue weighted by Crippen LogP contribution is 2.27.